The van der Waals surface area contributed by atoms with E-state index in [9.17, 15) is 9.90 Å². The van der Waals surface area contributed by atoms with E-state index >= 15 is 0 Å². The Hall–Kier alpha value is -1.73. The molecule has 7 nitrogen and oxygen atoms in total. The van der Waals surface area contributed by atoms with Gasteiger partial charge in [0.05, 0.1) is 24.6 Å². The zero-order valence-electron chi connectivity index (χ0n) is 13.3. The Balaban J connectivity index is 2.96. The minimum Gasteiger partial charge on any atom is -0.389 e. The third-order valence-corrected chi connectivity index (χ3v) is 2.99. The molecular formula is C14H24N4O3. The molecule has 0 spiro atoms. The summed E-state index contributed by atoms with van der Waals surface area (Å²) in [6.45, 7) is 4.29. The van der Waals surface area contributed by atoms with Crippen LogP contribution < -0.4 is 5.32 Å². The first-order valence-corrected chi connectivity index (χ1v) is 6.87. The largest absolute Gasteiger partial charge is 0.389 e. The number of anilines is 1. The summed E-state index contributed by atoms with van der Waals surface area (Å²) in [5.41, 5.74) is 0.876. The zero-order chi connectivity index (χ0) is 16.0. The maximum Gasteiger partial charge on any atom is 0.274 e. The first kappa shape index (κ1) is 17.3. The molecule has 1 aromatic heterocycles. The number of nitrogens with one attached hydrogen (secondary N) is 1. The Kier molecular flexibility index (Phi) is 6.51. The van der Waals surface area contributed by atoms with E-state index in [0.717, 1.165) is 0 Å². The van der Waals surface area contributed by atoms with Crippen LogP contribution in [-0.2, 0) is 4.74 Å². The molecule has 1 atom stereocenters. The molecule has 0 aliphatic heterocycles. The molecule has 1 unspecified atom stereocenters. The molecule has 1 amide bonds. The van der Waals surface area contributed by atoms with Gasteiger partial charge in [-0.05, 0) is 0 Å². The smallest absolute Gasteiger partial charge is 0.274 e. The first-order valence-electron chi connectivity index (χ1n) is 6.87. The van der Waals surface area contributed by atoms with Gasteiger partial charge in [0, 0.05) is 33.7 Å². The fraction of sp³-hybridized carbons (Fsp3) is 0.643. The van der Waals surface area contributed by atoms with Crippen LogP contribution in [0.25, 0.3) is 0 Å². The lowest BCUT2D eigenvalue weighted by molar-refractivity contribution is 0.0378. The summed E-state index contributed by atoms with van der Waals surface area (Å²) >= 11 is 0. The minimum absolute atomic E-state index is 0.131. The predicted molar refractivity (Wildman–Crippen MR) is 80.5 cm³/mol. The number of ether oxygens (including phenoxy) is 1. The minimum atomic E-state index is -0.728. The van der Waals surface area contributed by atoms with E-state index in [-0.39, 0.29) is 25.0 Å². The van der Waals surface area contributed by atoms with E-state index < -0.39 is 6.10 Å². The standard InChI is InChI=1S/C14H24N4O3/c1-9(2)13-16-6-11(15-3)12(17-13)14(20)18(4)7-10(19)8-21-5/h6,9-10,15,19H,7-8H2,1-5H3. The summed E-state index contributed by atoms with van der Waals surface area (Å²) < 4.78 is 4.86. The summed E-state index contributed by atoms with van der Waals surface area (Å²) in [5.74, 6) is 0.480. The SMILES string of the molecule is CNc1cnc(C(C)C)nc1C(=O)N(C)CC(O)COC. The van der Waals surface area contributed by atoms with Crippen LogP contribution in [0, 0.1) is 0 Å². The van der Waals surface area contributed by atoms with Crippen molar-refractivity contribution in [1.29, 1.82) is 0 Å². The normalized spacial score (nSPS) is 12.3. The summed E-state index contributed by atoms with van der Waals surface area (Å²) in [5, 5.41) is 12.6. The van der Waals surface area contributed by atoms with Gasteiger partial charge in [-0.2, -0.15) is 0 Å². The van der Waals surface area contributed by atoms with Gasteiger partial charge in [-0.25, -0.2) is 9.97 Å². The molecule has 0 fully saturated rings. The molecule has 118 valence electrons. The van der Waals surface area contributed by atoms with Gasteiger partial charge in [0.25, 0.3) is 5.91 Å². The fourth-order valence-electron chi connectivity index (χ4n) is 1.84. The van der Waals surface area contributed by atoms with Crippen LogP contribution in [0.2, 0.25) is 0 Å². The number of carbonyl (C=O) groups excluding carboxylic acids is 1. The Morgan fingerprint density at radius 3 is 2.71 bits per heavy atom. The molecule has 0 aliphatic carbocycles. The van der Waals surface area contributed by atoms with Crippen molar-refractivity contribution in [2.75, 3.05) is 39.7 Å². The number of methoxy groups -OCH3 is 1. The average Bonchev–Trinajstić information content (AvgIpc) is 2.45. The van der Waals surface area contributed by atoms with Crippen LogP contribution in [-0.4, -0.2) is 66.3 Å². The molecule has 7 heteroatoms. The quantitative estimate of drug-likeness (QED) is 0.771. The summed E-state index contributed by atoms with van der Waals surface area (Å²) in [6, 6.07) is 0. The summed E-state index contributed by atoms with van der Waals surface area (Å²) in [4.78, 5) is 22.5. The number of amides is 1. The van der Waals surface area contributed by atoms with Crippen molar-refractivity contribution in [3.63, 3.8) is 0 Å². The number of rotatable bonds is 7. The van der Waals surface area contributed by atoms with E-state index in [1.165, 1.54) is 12.0 Å². The maximum absolute atomic E-state index is 12.5. The number of aromatic nitrogens is 2. The molecule has 0 bridgehead atoms. The highest BCUT2D eigenvalue weighted by Gasteiger charge is 2.21. The Bertz CT molecular complexity index is 479. The van der Waals surface area contributed by atoms with Crippen LogP contribution in [0.3, 0.4) is 0 Å². The van der Waals surface area contributed by atoms with Gasteiger partial charge in [-0.3, -0.25) is 4.79 Å². The molecule has 21 heavy (non-hydrogen) atoms. The van der Waals surface area contributed by atoms with E-state index in [1.807, 2.05) is 13.8 Å². The zero-order valence-corrected chi connectivity index (χ0v) is 13.3. The molecule has 0 aliphatic rings. The highest BCUT2D eigenvalue weighted by molar-refractivity contribution is 5.97. The van der Waals surface area contributed by atoms with Gasteiger partial charge in [0.2, 0.25) is 0 Å². The number of aliphatic hydroxyl groups is 1. The lowest BCUT2D eigenvalue weighted by Crippen LogP contribution is -2.37. The second-order valence-corrected chi connectivity index (χ2v) is 5.19. The number of carbonyl (C=O) groups is 1. The number of hydrogen-bond acceptors (Lipinski definition) is 6. The van der Waals surface area contributed by atoms with Crippen LogP contribution in [0.1, 0.15) is 36.1 Å². The fourth-order valence-corrected chi connectivity index (χ4v) is 1.84. The Labute approximate surface area is 125 Å². The molecule has 0 aromatic carbocycles. The van der Waals surface area contributed by atoms with Crippen LogP contribution >= 0.6 is 0 Å². The predicted octanol–water partition coefficient (Wildman–Crippen LogP) is 0.721. The third kappa shape index (κ3) is 4.64. The van der Waals surface area contributed by atoms with Gasteiger partial charge in [0.15, 0.2) is 5.69 Å². The molecule has 1 aromatic rings. The van der Waals surface area contributed by atoms with Gasteiger partial charge in [0.1, 0.15) is 5.82 Å². The lowest BCUT2D eigenvalue weighted by Gasteiger charge is -2.21. The second-order valence-electron chi connectivity index (χ2n) is 5.19. The Morgan fingerprint density at radius 1 is 1.52 bits per heavy atom. The lowest BCUT2D eigenvalue weighted by atomic mass is 10.2. The van der Waals surface area contributed by atoms with Gasteiger partial charge in [-0.1, -0.05) is 13.8 Å². The molecule has 0 saturated carbocycles. The number of hydrogen-bond donors (Lipinski definition) is 2. The van der Waals surface area contributed by atoms with Crippen LogP contribution in [0.15, 0.2) is 6.20 Å². The molecule has 1 heterocycles. The number of nitrogens with zero attached hydrogens (tertiary/aromatic N) is 3. The summed E-state index contributed by atoms with van der Waals surface area (Å²) in [6.07, 6.45) is 0.878. The highest BCUT2D eigenvalue weighted by atomic mass is 16.5. The van der Waals surface area contributed by atoms with E-state index in [4.69, 9.17) is 4.74 Å². The topological polar surface area (TPSA) is 87.6 Å². The van der Waals surface area contributed by atoms with Gasteiger partial charge >= 0.3 is 0 Å². The molecule has 1 rings (SSSR count). The average molecular weight is 296 g/mol. The number of aliphatic hydroxyl groups excluding tert-OH is 1. The van der Waals surface area contributed by atoms with Crippen molar-refractivity contribution in [2.24, 2.45) is 0 Å². The molecule has 0 radical (unpaired) electrons. The van der Waals surface area contributed by atoms with Crippen molar-refractivity contribution < 1.29 is 14.6 Å². The summed E-state index contributed by atoms with van der Waals surface area (Å²) in [7, 11) is 4.84. The number of likely N-dealkylation sites (N-methyl/N-ethyl adjacent to an activating group) is 1. The Morgan fingerprint density at radius 2 is 2.19 bits per heavy atom. The van der Waals surface area contributed by atoms with Crippen molar-refractivity contribution in [3.05, 3.63) is 17.7 Å². The molecule has 0 saturated heterocycles. The van der Waals surface area contributed by atoms with Crippen molar-refractivity contribution in [1.82, 2.24) is 14.9 Å². The van der Waals surface area contributed by atoms with Gasteiger partial charge < -0.3 is 20.1 Å². The van der Waals surface area contributed by atoms with Crippen molar-refractivity contribution in [3.8, 4) is 0 Å². The van der Waals surface area contributed by atoms with E-state index in [2.05, 4.69) is 15.3 Å². The first-order chi connectivity index (χ1) is 9.90. The second kappa shape index (κ2) is 7.90. The van der Waals surface area contributed by atoms with Crippen molar-refractivity contribution in [2.45, 2.75) is 25.9 Å². The molecular weight excluding hydrogens is 272 g/mol. The monoisotopic (exact) mass is 296 g/mol. The van der Waals surface area contributed by atoms with E-state index in [0.29, 0.717) is 17.2 Å². The van der Waals surface area contributed by atoms with Gasteiger partial charge in [-0.15, -0.1) is 0 Å². The highest BCUT2D eigenvalue weighted by Crippen LogP contribution is 2.17. The van der Waals surface area contributed by atoms with Crippen LogP contribution in [0.4, 0.5) is 5.69 Å². The van der Waals surface area contributed by atoms with Crippen LogP contribution in [0.5, 0.6) is 0 Å². The van der Waals surface area contributed by atoms with Crippen molar-refractivity contribution >= 4 is 11.6 Å². The maximum atomic E-state index is 12.5. The molecule has 2 N–H and O–H groups in total. The van der Waals surface area contributed by atoms with E-state index in [1.54, 1.807) is 20.3 Å². The third-order valence-electron chi connectivity index (χ3n) is 2.99.